The summed E-state index contributed by atoms with van der Waals surface area (Å²) in [6.45, 7) is 3.57. The molecule has 3 heterocycles. The van der Waals surface area contributed by atoms with Gasteiger partial charge in [0.15, 0.2) is 10.6 Å². The van der Waals surface area contributed by atoms with E-state index in [1.807, 2.05) is 45.2 Å². The van der Waals surface area contributed by atoms with Crippen molar-refractivity contribution in [2.75, 3.05) is 38.2 Å². The van der Waals surface area contributed by atoms with Gasteiger partial charge in [-0.15, -0.1) is 11.3 Å². The molecule has 1 N–H and O–H groups in total. The van der Waals surface area contributed by atoms with Crippen LogP contribution in [0.2, 0.25) is 0 Å². The molecule has 1 amide bonds. The Balaban J connectivity index is 1.34. The molecule has 4 rings (SSSR count). The first-order chi connectivity index (χ1) is 14.2. The fourth-order valence-corrected chi connectivity index (χ4v) is 4.45. The van der Waals surface area contributed by atoms with Crippen molar-refractivity contribution in [1.29, 1.82) is 0 Å². The van der Waals surface area contributed by atoms with Gasteiger partial charge in [-0.2, -0.15) is 5.10 Å². The molecule has 1 aliphatic heterocycles. The zero-order valence-electron chi connectivity index (χ0n) is 16.2. The highest BCUT2D eigenvalue weighted by Crippen LogP contribution is 2.24. The van der Waals surface area contributed by atoms with E-state index in [9.17, 15) is 4.79 Å². The Morgan fingerprint density at radius 3 is 2.79 bits per heavy atom. The van der Waals surface area contributed by atoms with Gasteiger partial charge >= 0.3 is 0 Å². The fourth-order valence-electron chi connectivity index (χ4n) is 3.51. The zero-order chi connectivity index (χ0) is 20.2. The van der Waals surface area contributed by atoms with Crippen molar-refractivity contribution in [3.8, 4) is 16.5 Å². The molecule has 0 aliphatic carbocycles. The number of benzene rings is 1. The third-order valence-corrected chi connectivity index (χ3v) is 6.28. The molecule has 0 bridgehead atoms. The number of piperazine rings is 1. The Morgan fingerprint density at radius 1 is 1.24 bits per heavy atom. The second-order valence-corrected chi connectivity index (χ2v) is 8.14. The van der Waals surface area contributed by atoms with Crippen LogP contribution in [0.3, 0.4) is 0 Å². The molecule has 0 saturated carbocycles. The number of thiophene rings is 1. The summed E-state index contributed by atoms with van der Waals surface area (Å²) in [5, 5.41) is 9.17. The Hall–Kier alpha value is -2.65. The van der Waals surface area contributed by atoms with Gasteiger partial charge in [-0.05, 0) is 35.8 Å². The van der Waals surface area contributed by atoms with Crippen molar-refractivity contribution < 1.29 is 9.53 Å². The molecule has 29 heavy (non-hydrogen) atoms. The van der Waals surface area contributed by atoms with E-state index in [0.717, 1.165) is 35.2 Å². The lowest BCUT2D eigenvalue weighted by Gasteiger charge is -2.36. The normalized spacial score (nSPS) is 14.2. The number of carbonyl (C=O) groups excluding carboxylic acids is 1. The summed E-state index contributed by atoms with van der Waals surface area (Å²) in [4.78, 5) is 18.0. The molecule has 1 saturated heterocycles. The number of aromatic amines is 1. The standard InChI is InChI=1S/C20H23N5O2S2/c1-27-16-5-2-4-15(14-16)23-9-11-24(12-10-23)18(26)7-8-25-19(21-22-20(25)28)17-6-3-13-29-17/h2-6,13-14H,7-12H2,1H3,(H,22,28). The summed E-state index contributed by atoms with van der Waals surface area (Å²) >= 11 is 6.96. The lowest BCUT2D eigenvalue weighted by molar-refractivity contribution is -0.131. The van der Waals surface area contributed by atoms with Gasteiger partial charge in [0.1, 0.15) is 5.75 Å². The second kappa shape index (κ2) is 8.79. The van der Waals surface area contributed by atoms with Gasteiger partial charge in [0, 0.05) is 50.9 Å². The number of hydrogen-bond acceptors (Lipinski definition) is 6. The highest BCUT2D eigenvalue weighted by molar-refractivity contribution is 7.71. The first kappa shape index (κ1) is 19.7. The number of ether oxygens (including phenoxy) is 1. The zero-order valence-corrected chi connectivity index (χ0v) is 17.8. The van der Waals surface area contributed by atoms with Gasteiger partial charge in [-0.1, -0.05) is 12.1 Å². The number of rotatable bonds is 6. The highest BCUT2D eigenvalue weighted by Gasteiger charge is 2.22. The van der Waals surface area contributed by atoms with Crippen molar-refractivity contribution in [3.05, 3.63) is 46.5 Å². The van der Waals surface area contributed by atoms with Crippen molar-refractivity contribution in [2.24, 2.45) is 0 Å². The Bertz CT molecular complexity index is 1020. The maximum absolute atomic E-state index is 12.8. The lowest BCUT2D eigenvalue weighted by atomic mass is 10.2. The van der Waals surface area contributed by atoms with Gasteiger partial charge < -0.3 is 14.5 Å². The van der Waals surface area contributed by atoms with E-state index in [4.69, 9.17) is 17.0 Å². The van der Waals surface area contributed by atoms with Crippen LogP contribution in [0.5, 0.6) is 5.75 Å². The van der Waals surface area contributed by atoms with E-state index in [1.165, 1.54) is 0 Å². The van der Waals surface area contributed by atoms with Crippen molar-refractivity contribution in [2.45, 2.75) is 13.0 Å². The van der Waals surface area contributed by atoms with E-state index in [-0.39, 0.29) is 5.91 Å². The van der Waals surface area contributed by atoms with Gasteiger partial charge in [0.05, 0.1) is 12.0 Å². The molecular formula is C20H23N5O2S2. The molecule has 9 heteroatoms. The topological polar surface area (TPSA) is 66.4 Å². The molecule has 3 aromatic rings. The number of nitrogens with zero attached hydrogens (tertiary/aromatic N) is 4. The minimum Gasteiger partial charge on any atom is -0.497 e. The van der Waals surface area contributed by atoms with Gasteiger partial charge in [0.25, 0.3) is 0 Å². The average molecular weight is 430 g/mol. The number of aromatic nitrogens is 3. The van der Waals surface area contributed by atoms with Crippen LogP contribution in [0, 0.1) is 4.77 Å². The maximum atomic E-state index is 12.8. The summed E-state index contributed by atoms with van der Waals surface area (Å²) in [6.07, 6.45) is 0.408. The minimum atomic E-state index is 0.149. The number of nitrogens with one attached hydrogen (secondary N) is 1. The van der Waals surface area contributed by atoms with Crippen LogP contribution < -0.4 is 9.64 Å². The van der Waals surface area contributed by atoms with Crippen LogP contribution in [0.25, 0.3) is 10.7 Å². The largest absolute Gasteiger partial charge is 0.497 e. The van der Waals surface area contributed by atoms with Gasteiger partial charge in [-0.3, -0.25) is 14.5 Å². The molecule has 0 radical (unpaired) electrons. The number of anilines is 1. The molecule has 2 aromatic heterocycles. The summed E-state index contributed by atoms with van der Waals surface area (Å²) in [7, 11) is 1.67. The predicted octanol–water partition coefficient (Wildman–Crippen LogP) is 3.42. The monoisotopic (exact) mass is 429 g/mol. The Labute approximate surface area is 178 Å². The summed E-state index contributed by atoms with van der Waals surface area (Å²) in [5.74, 6) is 1.79. The van der Waals surface area contributed by atoms with Crippen LogP contribution in [0.1, 0.15) is 6.42 Å². The molecule has 0 atom stereocenters. The number of methoxy groups -OCH3 is 1. The molecule has 7 nitrogen and oxygen atoms in total. The van der Waals surface area contributed by atoms with Crippen molar-refractivity contribution in [3.63, 3.8) is 0 Å². The Kier molecular flexibility index (Phi) is 5.96. The fraction of sp³-hybridized carbons (Fsp3) is 0.350. The van der Waals surface area contributed by atoms with Crippen molar-refractivity contribution in [1.82, 2.24) is 19.7 Å². The van der Waals surface area contributed by atoms with E-state index >= 15 is 0 Å². The van der Waals surface area contributed by atoms with E-state index in [1.54, 1.807) is 18.4 Å². The van der Waals surface area contributed by atoms with Crippen LogP contribution in [-0.2, 0) is 11.3 Å². The molecule has 0 unspecified atom stereocenters. The first-order valence-electron chi connectivity index (χ1n) is 9.51. The second-order valence-electron chi connectivity index (χ2n) is 6.80. The SMILES string of the molecule is COc1cccc(N2CCN(C(=O)CCn3c(-c4cccs4)n[nH]c3=S)CC2)c1. The predicted molar refractivity (Wildman–Crippen MR) is 117 cm³/mol. The summed E-state index contributed by atoms with van der Waals surface area (Å²) in [5.41, 5.74) is 1.13. The molecule has 1 fully saturated rings. The first-order valence-corrected chi connectivity index (χ1v) is 10.8. The van der Waals surface area contributed by atoms with Crippen LogP contribution in [-0.4, -0.2) is 58.9 Å². The third kappa shape index (κ3) is 4.35. The van der Waals surface area contributed by atoms with Crippen molar-refractivity contribution >= 4 is 35.1 Å². The van der Waals surface area contributed by atoms with Crippen LogP contribution in [0.15, 0.2) is 41.8 Å². The smallest absolute Gasteiger partial charge is 0.224 e. The average Bonchev–Trinajstić information content (AvgIpc) is 3.42. The molecular weight excluding hydrogens is 406 g/mol. The molecule has 152 valence electrons. The number of amides is 1. The molecule has 1 aromatic carbocycles. The minimum absolute atomic E-state index is 0.149. The quantitative estimate of drug-likeness (QED) is 0.608. The van der Waals surface area contributed by atoms with E-state index < -0.39 is 0 Å². The van der Waals surface area contributed by atoms with Gasteiger partial charge in [0.2, 0.25) is 5.91 Å². The van der Waals surface area contributed by atoms with Crippen LogP contribution >= 0.6 is 23.6 Å². The summed E-state index contributed by atoms with van der Waals surface area (Å²) < 4.78 is 7.76. The number of hydrogen-bond donors (Lipinski definition) is 1. The molecule has 0 spiro atoms. The highest BCUT2D eigenvalue weighted by atomic mass is 32.1. The Morgan fingerprint density at radius 2 is 2.07 bits per heavy atom. The van der Waals surface area contributed by atoms with Crippen LogP contribution in [0.4, 0.5) is 5.69 Å². The van der Waals surface area contributed by atoms with E-state index in [2.05, 4.69) is 21.2 Å². The van der Waals surface area contributed by atoms with E-state index in [0.29, 0.717) is 30.8 Å². The lowest BCUT2D eigenvalue weighted by Crippen LogP contribution is -2.49. The third-order valence-electron chi connectivity index (χ3n) is 5.10. The van der Waals surface area contributed by atoms with Gasteiger partial charge in [-0.25, -0.2) is 0 Å². The summed E-state index contributed by atoms with van der Waals surface area (Å²) in [6, 6.07) is 12.0. The number of carbonyl (C=O) groups is 1. The number of H-pyrrole nitrogens is 1. The molecule has 1 aliphatic rings. The maximum Gasteiger partial charge on any atom is 0.224 e.